The number of halogens is 1. The normalized spacial score (nSPS) is 23.3. The molecule has 108 valence electrons. The van der Waals surface area contributed by atoms with E-state index in [9.17, 15) is 5.11 Å². The second-order valence-electron chi connectivity index (χ2n) is 5.59. The Labute approximate surface area is 123 Å². The van der Waals surface area contributed by atoms with E-state index in [2.05, 4.69) is 10.3 Å². The van der Waals surface area contributed by atoms with Gasteiger partial charge in [0.25, 0.3) is 0 Å². The number of rotatable bonds is 4. The Bertz CT molecular complexity index is 584. The molecule has 0 aromatic carbocycles. The summed E-state index contributed by atoms with van der Waals surface area (Å²) in [5.74, 6) is 0.384. The lowest BCUT2D eigenvalue weighted by Gasteiger charge is -2.27. The first-order valence-electron chi connectivity index (χ1n) is 7.24. The molecule has 3 rings (SSSR count). The van der Waals surface area contributed by atoms with Crippen LogP contribution in [-0.2, 0) is 6.54 Å². The number of nitrogens with zero attached hydrogens (tertiary/aromatic N) is 2. The third-order valence-electron chi connectivity index (χ3n) is 4.05. The lowest BCUT2D eigenvalue weighted by molar-refractivity contribution is 0.0694. The van der Waals surface area contributed by atoms with Crippen LogP contribution in [0, 0.1) is 5.92 Å². The minimum absolute atomic E-state index is 0.142. The molecule has 2 heterocycles. The second-order valence-corrected chi connectivity index (χ2v) is 6.02. The van der Waals surface area contributed by atoms with Crippen LogP contribution in [0.3, 0.4) is 0 Å². The zero-order valence-corrected chi connectivity index (χ0v) is 12.2. The van der Waals surface area contributed by atoms with Gasteiger partial charge >= 0.3 is 0 Å². The molecule has 1 saturated carbocycles. The van der Waals surface area contributed by atoms with E-state index in [1.165, 1.54) is 6.42 Å². The van der Waals surface area contributed by atoms with Crippen LogP contribution in [0.15, 0.2) is 24.5 Å². The highest BCUT2D eigenvalue weighted by molar-refractivity contribution is 6.30. The molecule has 1 fully saturated rings. The minimum Gasteiger partial charge on any atom is -0.393 e. The van der Waals surface area contributed by atoms with Gasteiger partial charge < -0.3 is 14.8 Å². The number of hydrogen-bond acceptors (Lipinski definition) is 3. The maximum absolute atomic E-state index is 9.94. The number of hydrogen-bond donors (Lipinski definition) is 2. The third kappa shape index (κ3) is 3.14. The summed E-state index contributed by atoms with van der Waals surface area (Å²) >= 11 is 5.96. The van der Waals surface area contributed by atoms with E-state index < -0.39 is 0 Å². The highest BCUT2D eigenvalue weighted by Gasteiger charge is 2.22. The summed E-state index contributed by atoms with van der Waals surface area (Å²) in [6.45, 7) is 1.58. The molecule has 1 aliphatic rings. The summed E-state index contributed by atoms with van der Waals surface area (Å²) in [4.78, 5) is 4.53. The number of nitrogens with one attached hydrogen (secondary N) is 1. The van der Waals surface area contributed by atoms with E-state index in [1.54, 1.807) is 0 Å². The molecule has 0 bridgehead atoms. The Balaban J connectivity index is 1.57. The van der Waals surface area contributed by atoms with E-state index in [4.69, 9.17) is 11.6 Å². The molecule has 1 aliphatic carbocycles. The van der Waals surface area contributed by atoms with Crippen molar-refractivity contribution in [3.63, 3.8) is 0 Å². The second kappa shape index (κ2) is 6.12. The van der Waals surface area contributed by atoms with Gasteiger partial charge in [0.05, 0.1) is 16.8 Å². The average molecular weight is 294 g/mol. The molecule has 4 nitrogen and oxygen atoms in total. The van der Waals surface area contributed by atoms with Gasteiger partial charge in [-0.3, -0.25) is 0 Å². The van der Waals surface area contributed by atoms with Gasteiger partial charge in [0, 0.05) is 25.5 Å². The van der Waals surface area contributed by atoms with Crippen molar-refractivity contribution in [2.24, 2.45) is 5.92 Å². The highest BCUT2D eigenvalue weighted by Crippen LogP contribution is 2.23. The average Bonchev–Trinajstić information content (AvgIpc) is 2.83. The summed E-state index contributed by atoms with van der Waals surface area (Å²) in [6, 6.07) is 3.76. The predicted octanol–water partition coefficient (Wildman–Crippen LogP) is 2.63. The van der Waals surface area contributed by atoms with Crippen molar-refractivity contribution in [2.75, 3.05) is 6.54 Å². The summed E-state index contributed by atoms with van der Waals surface area (Å²) in [5.41, 5.74) is 1.90. The van der Waals surface area contributed by atoms with Crippen molar-refractivity contribution in [3.05, 3.63) is 35.2 Å². The number of aliphatic hydroxyl groups excluding tert-OH is 1. The highest BCUT2D eigenvalue weighted by atomic mass is 35.5. The largest absolute Gasteiger partial charge is 0.393 e. The predicted molar refractivity (Wildman–Crippen MR) is 79.9 cm³/mol. The quantitative estimate of drug-likeness (QED) is 0.911. The number of fused-ring (bicyclic) bond motifs is 1. The van der Waals surface area contributed by atoms with E-state index in [1.807, 2.05) is 28.9 Å². The van der Waals surface area contributed by atoms with Gasteiger partial charge in [0.2, 0.25) is 0 Å². The lowest BCUT2D eigenvalue weighted by atomic mass is 9.86. The van der Waals surface area contributed by atoms with Crippen LogP contribution in [0.4, 0.5) is 0 Å². The topological polar surface area (TPSA) is 49.6 Å². The first-order chi connectivity index (χ1) is 9.72. The van der Waals surface area contributed by atoms with Crippen molar-refractivity contribution in [1.82, 2.24) is 14.7 Å². The van der Waals surface area contributed by atoms with Gasteiger partial charge in [-0.05, 0) is 30.9 Å². The molecule has 2 aromatic heterocycles. The molecule has 2 atom stereocenters. The third-order valence-corrected chi connectivity index (χ3v) is 4.27. The van der Waals surface area contributed by atoms with Crippen LogP contribution in [0.5, 0.6) is 0 Å². The van der Waals surface area contributed by atoms with Gasteiger partial charge in [-0.25, -0.2) is 4.98 Å². The molecule has 2 N–H and O–H groups in total. The number of aromatic nitrogens is 2. The monoisotopic (exact) mass is 293 g/mol. The molecule has 0 amide bonds. The van der Waals surface area contributed by atoms with Crippen molar-refractivity contribution in [3.8, 4) is 0 Å². The van der Waals surface area contributed by atoms with Crippen LogP contribution in [-0.4, -0.2) is 27.1 Å². The Morgan fingerprint density at radius 3 is 3.00 bits per heavy atom. The first kappa shape index (κ1) is 13.9. The summed E-state index contributed by atoms with van der Waals surface area (Å²) in [6.07, 6.45) is 8.16. The van der Waals surface area contributed by atoms with E-state index in [0.717, 1.165) is 43.7 Å². The summed E-state index contributed by atoms with van der Waals surface area (Å²) < 4.78 is 1.94. The molecule has 2 unspecified atom stereocenters. The molecule has 0 spiro atoms. The lowest BCUT2D eigenvalue weighted by Crippen LogP contribution is -2.33. The van der Waals surface area contributed by atoms with E-state index >= 15 is 0 Å². The van der Waals surface area contributed by atoms with Gasteiger partial charge in [-0.2, -0.15) is 0 Å². The van der Waals surface area contributed by atoms with Gasteiger partial charge in [-0.1, -0.05) is 24.4 Å². The molecule has 0 aliphatic heterocycles. The molecule has 0 saturated heterocycles. The number of imidazole rings is 1. The SMILES string of the molecule is OC1CCCCC1CNCc1cn2cc(Cl)ccc2n1. The van der Waals surface area contributed by atoms with Crippen LogP contribution >= 0.6 is 11.6 Å². The van der Waals surface area contributed by atoms with E-state index in [-0.39, 0.29) is 6.10 Å². The molecule has 0 radical (unpaired) electrons. The summed E-state index contributed by atoms with van der Waals surface area (Å²) in [5, 5.41) is 14.1. The molecule has 2 aromatic rings. The zero-order valence-electron chi connectivity index (χ0n) is 11.4. The Morgan fingerprint density at radius 2 is 2.15 bits per heavy atom. The number of pyridine rings is 1. The number of aliphatic hydroxyl groups is 1. The standard InChI is InChI=1S/C15H20ClN3O/c16-12-5-6-15-18-13(10-19(15)9-12)8-17-7-11-3-1-2-4-14(11)20/h5-6,9-11,14,17,20H,1-4,7-8H2. The van der Waals surface area contributed by atoms with Crippen LogP contribution in [0.2, 0.25) is 5.02 Å². The zero-order chi connectivity index (χ0) is 13.9. The van der Waals surface area contributed by atoms with Crippen LogP contribution in [0.25, 0.3) is 5.65 Å². The van der Waals surface area contributed by atoms with Gasteiger partial charge in [0.15, 0.2) is 0 Å². The van der Waals surface area contributed by atoms with Crippen molar-refractivity contribution in [2.45, 2.75) is 38.3 Å². The van der Waals surface area contributed by atoms with Gasteiger partial charge in [-0.15, -0.1) is 0 Å². The Morgan fingerprint density at radius 1 is 1.30 bits per heavy atom. The molecular weight excluding hydrogens is 274 g/mol. The van der Waals surface area contributed by atoms with Crippen LogP contribution < -0.4 is 5.32 Å². The Hall–Kier alpha value is -1.10. The maximum atomic E-state index is 9.94. The fourth-order valence-electron chi connectivity index (χ4n) is 2.91. The van der Waals surface area contributed by atoms with E-state index in [0.29, 0.717) is 10.9 Å². The van der Waals surface area contributed by atoms with Crippen molar-refractivity contribution in [1.29, 1.82) is 0 Å². The van der Waals surface area contributed by atoms with Crippen molar-refractivity contribution < 1.29 is 5.11 Å². The molecule has 20 heavy (non-hydrogen) atoms. The van der Waals surface area contributed by atoms with Crippen molar-refractivity contribution >= 4 is 17.2 Å². The fraction of sp³-hybridized carbons (Fsp3) is 0.533. The molecule has 5 heteroatoms. The fourth-order valence-corrected chi connectivity index (χ4v) is 3.08. The van der Waals surface area contributed by atoms with Gasteiger partial charge in [0.1, 0.15) is 5.65 Å². The van der Waals surface area contributed by atoms with Crippen LogP contribution in [0.1, 0.15) is 31.4 Å². The Kier molecular flexibility index (Phi) is 4.24. The smallest absolute Gasteiger partial charge is 0.137 e. The minimum atomic E-state index is -0.142. The maximum Gasteiger partial charge on any atom is 0.137 e. The summed E-state index contributed by atoms with van der Waals surface area (Å²) in [7, 11) is 0. The first-order valence-corrected chi connectivity index (χ1v) is 7.62. The molecular formula is C15H20ClN3O.